The van der Waals surface area contributed by atoms with Crippen LogP contribution in [-0.4, -0.2) is 53.7 Å². The summed E-state index contributed by atoms with van der Waals surface area (Å²) >= 11 is 0. The van der Waals surface area contributed by atoms with E-state index in [0.29, 0.717) is 0 Å². The Balaban J connectivity index is 4.23. The molecule has 110 valence electrons. The largest absolute Gasteiger partial charge is 0.327 e. The second kappa shape index (κ2) is 10.2. The lowest BCUT2D eigenvalue weighted by Crippen LogP contribution is -2.43. The molecule has 0 N–H and O–H groups in total. The molecule has 0 aliphatic heterocycles. The van der Waals surface area contributed by atoms with Gasteiger partial charge in [-0.3, -0.25) is 0 Å². The molecule has 18 heavy (non-hydrogen) atoms. The van der Waals surface area contributed by atoms with Gasteiger partial charge in [-0.1, -0.05) is 48.5 Å². The molecule has 0 unspecified atom stereocenters. The van der Waals surface area contributed by atoms with E-state index in [4.69, 9.17) is 0 Å². The molecule has 2 nitrogen and oxygen atoms in total. The van der Waals surface area contributed by atoms with Crippen molar-refractivity contribution >= 4 is 19.4 Å². The van der Waals surface area contributed by atoms with E-state index in [1.165, 1.54) is 25.9 Å². The summed E-state index contributed by atoms with van der Waals surface area (Å²) in [6.07, 6.45) is 2.62. The van der Waals surface area contributed by atoms with Gasteiger partial charge in [0.1, 0.15) is 0 Å². The lowest BCUT2D eigenvalue weighted by molar-refractivity contribution is 0.359. The van der Waals surface area contributed by atoms with Crippen LogP contribution in [0.2, 0.25) is 5.16 Å². The molecule has 0 atom stereocenters. The summed E-state index contributed by atoms with van der Waals surface area (Å²) in [5, 5.41) is 1.04. The summed E-state index contributed by atoms with van der Waals surface area (Å²) in [6.45, 7) is 19.2. The van der Waals surface area contributed by atoms with Crippen LogP contribution in [0.25, 0.3) is 0 Å². The van der Waals surface area contributed by atoms with E-state index in [0.717, 1.165) is 17.2 Å². The summed E-state index contributed by atoms with van der Waals surface area (Å²) in [6, 6.07) is 1.51. The quantitative estimate of drug-likeness (QED) is 0.569. The van der Waals surface area contributed by atoms with Crippen LogP contribution in [0.1, 0.15) is 61.3 Å². The number of rotatable bonds is 10. The van der Waals surface area contributed by atoms with E-state index in [1.807, 2.05) is 0 Å². The summed E-state index contributed by atoms with van der Waals surface area (Å²) in [7, 11) is -0.0943. The molecule has 0 aromatic rings. The fourth-order valence-corrected chi connectivity index (χ4v) is 8.45. The fourth-order valence-electron chi connectivity index (χ4n) is 2.55. The molecular formula is C14H36N2Si2. The molecule has 0 bridgehead atoms. The van der Waals surface area contributed by atoms with Crippen molar-refractivity contribution in [3.8, 4) is 0 Å². The molecule has 0 spiro atoms. The second-order valence-corrected chi connectivity index (χ2v) is 12.6. The first kappa shape index (κ1) is 18.4. The minimum absolute atomic E-state index is 0.0471. The molecule has 4 heteroatoms. The highest BCUT2D eigenvalue weighted by molar-refractivity contribution is 6.55. The minimum atomic E-state index is -0.0471. The van der Waals surface area contributed by atoms with Crippen LogP contribution in [0.15, 0.2) is 0 Å². The number of hydrogen-bond acceptors (Lipinski definition) is 2. The predicted octanol–water partition coefficient (Wildman–Crippen LogP) is 2.16. The van der Waals surface area contributed by atoms with E-state index < -0.39 is 0 Å². The monoisotopic (exact) mass is 288 g/mol. The highest BCUT2D eigenvalue weighted by Crippen LogP contribution is 2.10. The molecule has 0 heterocycles. The fraction of sp³-hybridized carbons (Fsp3) is 1.00. The Kier molecular flexibility index (Phi) is 10.4. The Labute approximate surface area is 120 Å². The molecular weight excluding hydrogens is 252 g/mol. The van der Waals surface area contributed by atoms with Gasteiger partial charge in [0.15, 0.2) is 0 Å². The van der Waals surface area contributed by atoms with Crippen molar-refractivity contribution in [1.29, 1.82) is 0 Å². The van der Waals surface area contributed by atoms with Gasteiger partial charge in [-0.25, -0.2) is 0 Å². The average Bonchev–Trinajstić information content (AvgIpc) is 2.27. The molecule has 0 amide bonds. The maximum atomic E-state index is 2.79. The van der Waals surface area contributed by atoms with Gasteiger partial charge >= 0.3 is 0 Å². The van der Waals surface area contributed by atoms with Crippen LogP contribution >= 0.6 is 0 Å². The minimum Gasteiger partial charge on any atom is -0.327 e. The molecule has 0 aliphatic rings. The van der Waals surface area contributed by atoms with Crippen LogP contribution in [-0.2, 0) is 0 Å². The van der Waals surface area contributed by atoms with E-state index in [1.54, 1.807) is 0 Å². The van der Waals surface area contributed by atoms with Crippen molar-refractivity contribution in [2.24, 2.45) is 0 Å². The standard InChI is InChI=1S/C14H36N2Si2/c1-8-10-15(12(3)4)17-14(7)18-16(11-9-2)13(5)6/h12-14H,8-11,17-18H2,1-7H3. The van der Waals surface area contributed by atoms with Crippen molar-refractivity contribution in [2.45, 2.75) is 78.6 Å². The molecule has 0 saturated carbocycles. The molecule has 0 aromatic heterocycles. The molecule has 0 fully saturated rings. The summed E-state index contributed by atoms with van der Waals surface area (Å²) in [5.41, 5.74) is 0. The molecule has 0 aromatic carbocycles. The Bertz CT molecular complexity index is 178. The number of nitrogens with zero attached hydrogens (tertiary/aromatic N) is 2. The van der Waals surface area contributed by atoms with Crippen LogP contribution in [0.4, 0.5) is 0 Å². The van der Waals surface area contributed by atoms with Crippen molar-refractivity contribution in [3.05, 3.63) is 0 Å². The highest BCUT2D eigenvalue weighted by Gasteiger charge is 2.18. The zero-order chi connectivity index (χ0) is 14.1. The summed E-state index contributed by atoms with van der Waals surface area (Å²) in [5.74, 6) is 0. The van der Waals surface area contributed by atoms with E-state index in [2.05, 4.69) is 57.6 Å². The van der Waals surface area contributed by atoms with Crippen LogP contribution in [0, 0.1) is 0 Å². The van der Waals surface area contributed by atoms with Gasteiger partial charge in [-0.05, 0) is 43.2 Å². The van der Waals surface area contributed by atoms with Crippen molar-refractivity contribution < 1.29 is 0 Å². The van der Waals surface area contributed by atoms with Gasteiger partial charge in [-0.15, -0.1) is 0 Å². The van der Waals surface area contributed by atoms with Crippen LogP contribution in [0.3, 0.4) is 0 Å². The van der Waals surface area contributed by atoms with E-state index in [9.17, 15) is 0 Å². The van der Waals surface area contributed by atoms with Gasteiger partial charge < -0.3 is 9.13 Å². The van der Waals surface area contributed by atoms with Gasteiger partial charge in [0.25, 0.3) is 0 Å². The summed E-state index contributed by atoms with van der Waals surface area (Å²) < 4.78 is 5.59. The first-order valence-electron chi connectivity index (χ1n) is 7.90. The number of hydrogen-bond donors (Lipinski definition) is 0. The van der Waals surface area contributed by atoms with Gasteiger partial charge in [-0.2, -0.15) is 0 Å². The third-order valence-corrected chi connectivity index (χ3v) is 9.40. The summed E-state index contributed by atoms with van der Waals surface area (Å²) in [4.78, 5) is 0. The average molecular weight is 289 g/mol. The lowest BCUT2D eigenvalue weighted by Gasteiger charge is -2.33. The first-order valence-corrected chi connectivity index (χ1v) is 10.8. The highest BCUT2D eigenvalue weighted by atomic mass is 28.3. The van der Waals surface area contributed by atoms with Crippen molar-refractivity contribution in [3.63, 3.8) is 0 Å². The van der Waals surface area contributed by atoms with Gasteiger partial charge in [0.2, 0.25) is 0 Å². The van der Waals surface area contributed by atoms with Crippen molar-refractivity contribution in [2.75, 3.05) is 13.1 Å². The normalized spacial score (nSPS) is 15.5. The predicted molar refractivity (Wildman–Crippen MR) is 90.8 cm³/mol. The van der Waals surface area contributed by atoms with Gasteiger partial charge in [0.05, 0.1) is 19.4 Å². The molecule has 0 rings (SSSR count). The zero-order valence-electron chi connectivity index (χ0n) is 13.9. The zero-order valence-corrected chi connectivity index (χ0v) is 16.7. The molecule has 0 saturated heterocycles. The smallest absolute Gasteiger partial charge is 0.0962 e. The topological polar surface area (TPSA) is 6.48 Å². The van der Waals surface area contributed by atoms with Crippen molar-refractivity contribution in [1.82, 2.24) is 9.13 Å². The van der Waals surface area contributed by atoms with Crippen LogP contribution < -0.4 is 0 Å². The maximum Gasteiger partial charge on any atom is 0.0962 e. The SMILES string of the molecule is CCCN([SiH2]C(C)[SiH2]N(CCC)C(C)C)C(C)C. The third kappa shape index (κ3) is 7.72. The second-order valence-electron chi connectivity index (χ2n) is 6.28. The Hall–Kier alpha value is 0.354. The Morgan fingerprint density at radius 2 is 1.06 bits per heavy atom. The molecule has 0 radical (unpaired) electrons. The molecule has 0 aliphatic carbocycles. The van der Waals surface area contributed by atoms with Crippen LogP contribution in [0.5, 0.6) is 0 Å². The lowest BCUT2D eigenvalue weighted by atomic mass is 10.4. The van der Waals surface area contributed by atoms with E-state index >= 15 is 0 Å². The Morgan fingerprint density at radius 1 is 0.722 bits per heavy atom. The third-order valence-electron chi connectivity index (χ3n) is 3.57. The first-order chi connectivity index (χ1) is 8.42. The maximum absolute atomic E-state index is 2.79. The van der Waals surface area contributed by atoms with Gasteiger partial charge in [0, 0.05) is 0 Å². The van der Waals surface area contributed by atoms with E-state index in [-0.39, 0.29) is 19.4 Å². The Morgan fingerprint density at radius 3 is 1.28 bits per heavy atom.